The average Bonchev–Trinajstić information content (AvgIpc) is 2.83. The van der Waals surface area contributed by atoms with E-state index in [0.29, 0.717) is 17.9 Å². The third-order valence-corrected chi connectivity index (χ3v) is 2.97. The molecule has 1 aliphatic rings. The highest BCUT2D eigenvalue weighted by molar-refractivity contribution is 5.74. The molecule has 0 amide bonds. The van der Waals surface area contributed by atoms with Gasteiger partial charge in [0, 0.05) is 12.5 Å². The summed E-state index contributed by atoms with van der Waals surface area (Å²) in [6.07, 6.45) is -0.391. The Morgan fingerprint density at radius 1 is 1.16 bits per heavy atom. The van der Waals surface area contributed by atoms with E-state index in [2.05, 4.69) is 0 Å². The number of aliphatic carboxylic acids is 1. The molecule has 0 spiro atoms. The van der Waals surface area contributed by atoms with E-state index in [9.17, 15) is 4.79 Å². The summed E-state index contributed by atoms with van der Waals surface area (Å²) in [5.41, 5.74) is 0.896. The van der Waals surface area contributed by atoms with Gasteiger partial charge in [0.2, 0.25) is 0 Å². The van der Waals surface area contributed by atoms with Gasteiger partial charge in [0.1, 0.15) is 17.2 Å². The fourth-order valence-electron chi connectivity index (χ4n) is 2.03. The number of rotatable bonds is 3. The molecule has 0 radical (unpaired) electrons. The maximum absolute atomic E-state index is 10.9. The van der Waals surface area contributed by atoms with E-state index in [-0.39, 0.29) is 0 Å². The summed E-state index contributed by atoms with van der Waals surface area (Å²) < 4.78 is 11.0. The number of fused-ring (bicyclic) bond motifs is 1. The van der Waals surface area contributed by atoms with Crippen molar-refractivity contribution in [3.8, 4) is 17.2 Å². The predicted octanol–water partition coefficient (Wildman–Crippen LogP) is 2.87. The Kier molecular flexibility index (Phi) is 2.83. The van der Waals surface area contributed by atoms with Gasteiger partial charge in [0.15, 0.2) is 6.10 Å². The molecule has 0 saturated carbocycles. The minimum atomic E-state index is -0.943. The number of hydrogen-bond acceptors (Lipinski definition) is 3. The fourth-order valence-corrected chi connectivity index (χ4v) is 2.03. The Balaban J connectivity index is 1.80. The van der Waals surface area contributed by atoms with Gasteiger partial charge in [-0.1, -0.05) is 24.3 Å². The number of carboxylic acid groups (broad SMARTS) is 1. The topological polar surface area (TPSA) is 55.8 Å². The van der Waals surface area contributed by atoms with Gasteiger partial charge in [-0.2, -0.15) is 0 Å². The Morgan fingerprint density at radius 2 is 1.95 bits per heavy atom. The van der Waals surface area contributed by atoms with Crippen LogP contribution in [0, 0.1) is 0 Å². The van der Waals surface area contributed by atoms with Crippen LogP contribution >= 0.6 is 0 Å². The summed E-state index contributed by atoms with van der Waals surface area (Å²) in [6, 6.07) is 14.8. The molecule has 2 aromatic carbocycles. The van der Waals surface area contributed by atoms with E-state index in [1.165, 1.54) is 0 Å². The standard InChI is InChI=1S/C15H12O4/c16-15(17)14-8-10-6-7-12(9-13(10)19-14)18-11-4-2-1-3-5-11/h1-7,9,14H,8H2,(H,16,17). The minimum absolute atomic E-state index is 0.399. The van der Waals surface area contributed by atoms with Gasteiger partial charge in [0.05, 0.1) is 0 Å². The van der Waals surface area contributed by atoms with Crippen LogP contribution in [0.3, 0.4) is 0 Å². The Labute approximate surface area is 110 Å². The first-order valence-electron chi connectivity index (χ1n) is 5.97. The molecule has 0 aromatic heterocycles. The van der Waals surface area contributed by atoms with Crippen LogP contribution in [-0.4, -0.2) is 17.2 Å². The van der Waals surface area contributed by atoms with Gasteiger partial charge in [-0.05, 0) is 23.8 Å². The van der Waals surface area contributed by atoms with Crippen molar-refractivity contribution in [2.45, 2.75) is 12.5 Å². The second-order valence-corrected chi connectivity index (χ2v) is 4.33. The maximum Gasteiger partial charge on any atom is 0.345 e. The van der Waals surface area contributed by atoms with Gasteiger partial charge in [-0.3, -0.25) is 0 Å². The van der Waals surface area contributed by atoms with Crippen LogP contribution in [-0.2, 0) is 11.2 Å². The van der Waals surface area contributed by atoms with Crippen LogP contribution in [0.1, 0.15) is 5.56 Å². The molecule has 2 aromatic rings. The number of carboxylic acids is 1. The summed E-state index contributed by atoms with van der Waals surface area (Å²) in [5.74, 6) is 1.01. The lowest BCUT2D eigenvalue weighted by Gasteiger charge is -2.07. The van der Waals surface area contributed by atoms with Crippen LogP contribution in [0.5, 0.6) is 17.2 Å². The van der Waals surface area contributed by atoms with Crippen molar-refractivity contribution in [2.24, 2.45) is 0 Å². The first kappa shape index (κ1) is 11.6. The molecule has 0 aliphatic carbocycles. The van der Waals surface area contributed by atoms with Gasteiger partial charge in [-0.25, -0.2) is 4.79 Å². The summed E-state index contributed by atoms with van der Waals surface area (Å²) in [5, 5.41) is 8.93. The highest BCUT2D eigenvalue weighted by atomic mass is 16.5. The van der Waals surface area contributed by atoms with E-state index < -0.39 is 12.1 Å². The number of carbonyl (C=O) groups is 1. The third-order valence-electron chi connectivity index (χ3n) is 2.97. The van der Waals surface area contributed by atoms with Gasteiger partial charge in [-0.15, -0.1) is 0 Å². The number of ether oxygens (including phenoxy) is 2. The molecule has 1 heterocycles. The number of benzene rings is 2. The molecule has 1 aliphatic heterocycles. The summed E-state index contributed by atoms with van der Waals surface area (Å²) in [6.45, 7) is 0. The zero-order valence-electron chi connectivity index (χ0n) is 10.1. The van der Waals surface area contributed by atoms with Crippen molar-refractivity contribution in [1.82, 2.24) is 0 Å². The first-order chi connectivity index (χ1) is 9.22. The van der Waals surface area contributed by atoms with Crippen LogP contribution in [0.15, 0.2) is 48.5 Å². The largest absolute Gasteiger partial charge is 0.478 e. The lowest BCUT2D eigenvalue weighted by molar-refractivity contribution is -0.144. The van der Waals surface area contributed by atoms with Crippen LogP contribution in [0.4, 0.5) is 0 Å². The van der Waals surface area contributed by atoms with E-state index in [1.807, 2.05) is 42.5 Å². The molecule has 3 rings (SSSR count). The number of para-hydroxylation sites is 1. The molecule has 0 bridgehead atoms. The highest BCUT2D eigenvalue weighted by Crippen LogP contribution is 2.34. The summed E-state index contributed by atoms with van der Waals surface area (Å²) in [4.78, 5) is 10.9. The van der Waals surface area contributed by atoms with Crippen molar-refractivity contribution in [2.75, 3.05) is 0 Å². The highest BCUT2D eigenvalue weighted by Gasteiger charge is 2.28. The lowest BCUT2D eigenvalue weighted by atomic mass is 10.1. The normalized spacial score (nSPS) is 16.5. The van der Waals surface area contributed by atoms with Crippen molar-refractivity contribution >= 4 is 5.97 Å². The number of hydrogen-bond donors (Lipinski definition) is 1. The van der Waals surface area contributed by atoms with Crippen molar-refractivity contribution < 1.29 is 19.4 Å². The SMILES string of the molecule is O=C(O)C1Cc2ccc(Oc3ccccc3)cc2O1. The Bertz CT molecular complexity index is 607. The molecule has 96 valence electrons. The lowest BCUT2D eigenvalue weighted by Crippen LogP contribution is -2.24. The summed E-state index contributed by atoms with van der Waals surface area (Å²) in [7, 11) is 0. The monoisotopic (exact) mass is 256 g/mol. The third kappa shape index (κ3) is 2.38. The van der Waals surface area contributed by atoms with Crippen molar-refractivity contribution in [3.63, 3.8) is 0 Å². The van der Waals surface area contributed by atoms with Gasteiger partial charge in [0.25, 0.3) is 0 Å². The molecule has 4 nitrogen and oxygen atoms in total. The summed E-state index contributed by atoms with van der Waals surface area (Å²) >= 11 is 0. The van der Waals surface area contributed by atoms with E-state index in [1.54, 1.807) is 6.07 Å². The van der Waals surface area contributed by atoms with Crippen LogP contribution < -0.4 is 9.47 Å². The molecule has 1 unspecified atom stereocenters. The molecule has 1 atom stereocenters. The second kappa shape index (κ2) is 4.65. The van der Waals surface area contributed by atoms with Gasteiger partial charge >= 0.3 is 5.97 Å². The quantitative estimate of drug-likeness (QED) is 0.917. The Hall–Kier alpha value is -2.49. The second-order valence-electron chi connectivity index (χ2n) is 4.33. The molecular formula is C15H12O4. The Morgan fingerprint density at radius 3 is 2.68 bits per heavy atom. The molecule has 19 heavy (non-hydrogen) atoms. The molecule has 0 fully saturated rings. The van der Waals surface area contributed by atoms with E-state index >= 15 is 0 Å². The maximum atomic E-state index is 10.9. The first-order valence-corrected chi connectivity index (χ1v) is 5.97. The van der Waals surface area contributed by atoms with Crippen molar-refractivity contribution in [3.05, 3.63) is 54.1 Å². The molecular weight excluding hydrogens is 244 g/mol. The predicted molar refractivity (Wildman–Crippen MR) is 68.7 cm³/mol. The average molecular weight is 256 g/mol. The van der Waals surface area contributed by atoms with Crippen LogP contribution in [0.25, 0.3) is 0 Å². The smallest absolute Gasteiger partial charge is 0.345 e. The minimum Gasteiger partial charge on any atom is -0.478 e. The van der Waals surface area contributed by atoms with Gasteiger partial charge < -0.3 is 14.6 Å². The zero-order chi connectivity index (χ0) is 13.2. The fraction of sp³-hybridized carbons (Fsp3) is 0.133. The molecule has 1 N–H and O–H groups in total. The van der Waals surface area contributed by atoms with E-state index in [4.69, 9.17) is 14.6 Å². The van der Waals surface area contributed by atoms with Crippen LogP contribution in [0.2, 0.25) is 0 Å². The molecule has 4 heteroatoms. The van der Waals surface area contributed by atoms with Crippen molar-refractivity contribution in [1.29, 1.82) is 0 Å². The molecule has 0 saturated heterocycles. The van der Waals surface area contributed by atoms with E-state index in [0.717, 1.165) is 11.3 Å². The zero-order valence-corrected chi connectivity index (χ0v) is 10.1.